The second-order valence-corrected chi connectivity index (χ2v) is 9.22. The molecule has 1 aromatic carbocycles. The maximum Gasteiger partial charge on any atom is 0.192 e. The van der Waals surface area contributed by atoms with Gasteiger partial charge in [0, 0.05) is 16.1 Å². The number of thiazole rings is 1. The van der Waals surface area contributed by atoms with E-state index in [4.69, 9.17) is 20.8 Å². The fraction of sp³-hybridized carbons (Fsp3) is 0.227. The van der Waals surface area contributed by atoms with E-state index in [1.165, 1.54) is 23.1 Å². The number of carbonyl (C=O) groups is 1. The molecule has 33 heavy (non-hydrogen) atoms. The lowest BCUT2D eigenvalue weighted by atomic mass is 10.1. The molecule has 1 atom stereocenters. The van der Waals surface area contributed by atoms with Crippen molar-refractivity contribution in [3.63, 3.8) is 0 Å². The van der Waals surface area contributed by atoms with Gasteiger partial charge in [0.25, 0.3) is 0 Å². The van der Waals surface area contributed by atoms with Crippen LogP contribution < -0.4 is 4.74 Å². The lowest BCUT2D eigenvalue weighted by Crippen LogP contribution is -2.14. The zero-order valence-electron chi connectivity index (χ0n) is 17.5. The molecule has 0 radical (unpaired) electrons. The second kappa shape index (κ2) is 10.7. The van der Waals surface area contributed by atoms with Crippen molar-refractivity contribution < 1.29 is 13.9 Å². The third kappa shape index (κ3) is 5.82. The van der Waals surface area contributed by atoms with Gasteiger partial charge in [0.15, 0.2) is 22.7 Å². The number of carbonyl (C=O) groups excluding carboxylic acids is 1. The van der Waals surface area contributed by atoms with Crippen LogP contribution in [0.1, 0.15) is 28.2 Å². The summed E-state index contributed by atoms with van der Waals surface area (Å²) in [7, 11) is 0. The Morgan fingerprint density at radius 1 is 1.33 bits per heavy atom. The van der Waals surface area contributed by atoms with Crippen LogP contribution in [0.5, 0.6) is 5.75 Å². The number of hydrogen-bond acceptors (Lipinski definition) is 9. The monoisotopic (exact) mass is 499 g/mol. The third-order valence-corrected chi connectivity index (χ3v) is 6.82. The molecule has 0 saturated carbocycles. The standard InChI is InChI=1S/C22H18ClN5O3S2/c1-14-12-32-21(25-14)18(9-24)19(29)13-33-22-27-26-20(28(22)10-17-3-2-8-30-17)11-31-16-6-4-15(23)5-7-16/h2-8,12,18H,10-11,13H2,1H3/t18-/m0/s1. The Labute approximate surface area is 203 Å². The Bertz CT molecular complexity index is 1260. The topological polar surface area (TPSA) is 107 Å². The minimum absolute atomic E-state index is 0.0607. The van der Waals surface area contributed by atoms with Crippen molar-refractivity contribution in [2.75, 3.05) is 5.75 Å². The molecule has 4 aromatic rings. The Balaban J connectivity index is 1.48. The van der Waals surface area contributed by atoms with Crippen LogP contribution in [-0.4, -0.2) is 31.3 Å². The summed E-state index contributed by atoms with van der Waals surface area (Å²) in [5.74, 6) is 0.860. The van der Waals surface area contributed by atoms with Gasteiger partial charge in [-0.1, -0.05) is 23.4 Å². The lowest BCUT2D eigenvalue weighted by molar-refractivity contribution is -0.116. The first-order valence-corrected chi connectivity index (χ1v) is 12.1. The molecule has 0 amide bonds. The maximum atomic E-state index is 12.7. The maximum absolute atomic E-state index is 12.7. The highest BCUT2D eigenvalue weighted by molar-refractivity contribution is 7.99. The first-order chi connectivity index (χ1) is 16.0. The SMILES string of the molecule is Cc1csc([C@@H](C#N)C(=O)CSc2nnc(COc3ccc(Cl)cc3)n2Cc2ccco2)n1. The first-order valence-electron chi connectivity index (χ1n) is 9.83. The van der Waals surface area contributed by atoms with Crippen molar-refractivity contribution in [1.82, 2.24) is 19.7 Å². The zero-order chi connectivity index (χ0) is 23.2. The smallest absolute Gasteiger partial charge is 0.192 e. The molecule has 0 saturated heterocycles. The van der Waals surface area contributed by atoms with Gasteiger partial charge in [-0.3, -0.25) is 9.36 Å². The second-order valence-electron chi connectivity index (χ2n) is 6.95. The zero-order valence-corrected chi connectivity index (χ0v) is 19.9. The number of Topliss-reactive ketones (excluding diaryl/α,β-unsaturated/α-hetero) is 1. The van der Waals surface area contributed by atoms with E-state index in [1.54, 1.807) is 36.6 Å². The molecular weight excluding hydrogens is 482 g/mol. The summed E-state index contributed by atoms with van der Waals surface area (Å²) < 4.78 is 13.1. The van der Waals surface area contributed by atoms with Gasteiger partial charge in [0.2, 0.25) is 0 Å². The molecule has 168 valence electrons. The summed E-state index contributed by atoms with van der Waals surface area (Å²) in [6, 6.07) is 12.7. The van der Waals surface area contributed by atoms with Gasteiger partial charge in [0.05, 0.1) is 24.6 Å². The fourth-order valence-corrected chi connectivity index (χ4v) is 4.77. The molecule has 3 heterocycles. The highest BCUT2D eigenvalue weighted by Crippen LogP contribution is 2.26. The molecule has 11 heteroatoms. The quantitative estimate of drug-likeness (QED) is 0.284. The van der Waals surface area contributed by atoms with Crippen LogP contribution in [0.3, 0.4) is 0 Å². The number of ether oxygens (including phenoxy) is 1. The number of aromatic nitrogens is 4. The van der Waals surface area contributed by atoms with Crippen LogP contribution in [0, 0.1) is 18.3 Å². The number of furan rings is 1. The van der Waals surface area contributed by atoms with Crippen LogP contribution in [0.4, 0.5) is 0 Å². The van der Waals surface area contributed by atoms with Crippen LogP contribution in [-0.2, 0) is 17.9 Å². The van der Waals surface area contributed by atoms with Gasteiger partial charge in [-0.25, -0.2) is 4.98 Å². The molecule has 8 nitrogen and oxygen atoms in total. The molecule has 0 aliphatic carbocycles. The number of hydrogen-bond donors (Lipinski definition) is 0. The van der Waals surface area contributed by atoms with E-state index in [2.05, 4.69) is 21.3 Å². The minimum atomic E-state index is -0.898. The number of benzene rings is 1. The van der Waals surface area contributed by atoms with E-state index in [9.17, 15) is 10.1 Å². The summed E-state index contributed by atoms with van der Waals surface area (Å²) >= 11 is 8.46. The summed E-state index contributed by atoms with van der Waals surface area (Å²) in [6.07, 6.45) is 1.59. The number of nitrogens with zero attached hydrogens (tertiary/aromatic N) is 5. The van der Waals surface area contributed by atoms with Gasteiger partial charge in [-0.2, -0.15) is 5.26 Å². The largest absolute Gasteiger partial charge is 0.486 e. The molecule has 0 unspecified atom stereocenters. The van der Waals surface area contributed by atoms with Crippen molar-refractivity contribution in [3.05, 3.63) is 75.4 Å². The van der Waals surface area contributed by atoms with Crippen molar-refractivity contribution in [1.29, 1.82) is 5.26 Å². The number of thioether (sulfide) groups is 1. The summed E-state index contributed by atoms with van der Waals surface area (Å²) in [6.45, 7) is 2.38. The predicted octanol–water partition coefficient (Wildman–Crippen LogP) is 4.89. The van der Waals surface area contributed by atoms with Gasteiger partial charge < -0.3 is 9.15 Å². The van der Waals surface area contributed by atoms with E-state index >= 15 is 0 Å². The number of aryl methyl sites for hydroxylation is 1. The van der Waals surface area contributed by atoms with Crippen molar-refractivity contribution >= 4 is 40.5 Å². The fourth-order valence-electron chi connectivity index (χ4n) is 2.92. The van der Waals surface area contributed by atoms with Crippen LogP contribution in [0.25, 0.3) is 0 Å². The Hall–Kier alpha value is -3.13. The number of nitriles is 1. The Kier molecular flexibility index (Phi) is 7.44. The highest BCUT2D eigenvalue weighted by Gasteiger charge is 2.24. The summed E-state index contributed by atoms with van der Waals surface area (Å²) in [4.78, 5) is 17.0. The molecule has 0 bridgehead atoms. The number of halogens is 1. The number of rotatable bonds is 10. The van der Waals surface area contributed by atoms with Crippen LogP contribution in [0.2, 0.25) is 5.02 Å². The van der Waals surface area contributed by atoms with E-state index in [0.717, 1.165) is 5.69 Å². The molecule has 0 aliphatic rings. The van der Waals surface area contributed by atoms with Crippen molar-refractivity contribution in [2.24, 2.45) is 0 Å². The van der Waals surface area contributed by atoms with Gasteiger partial charge >= 0.3 is 0 Å². The average molecular weight is 500 g/mol. The minimum Gasteiger partial charge on any atom is -0.486 e. The van der Waals surface area contributed by atoms with Gasteiger partial charge in [0.1, 0.15) is 23.1 Å². The van der Waals surface area contributed by atoms with E-state index < -0.39 is 5.92 Å². The van der Waals surface area contributed by atoms with E-state index in [-0.39, 0.29) is 18.1 Å². The normalized spacial score (nSPS) is 11.8. The molecular formula is C22H18ClN5O3S2. The summed E-state index contributed by atoms with van der Waals surface area (Å²) in [5, 5.41) is 21.5. The molecule has 0 spiro atoms. The predicted molar refractivity (Wildman–Crippen MR) is 125 cm³/mol. The van der Waals surface area contributed by atoms with Gasteiger partial charge in [-0.15, -0.1) is 21.5 Å². The highest BCUT2D eigenvalue weighted by atomic mass is 35.5. The van der Waals surface area contributed by atoms with Gasteiger partial charge in [-0.05, 0) is 43.3 Å². The molecule has 0 fully saturated rings. The Morgan fingerprint density at radius 3 is 2.82 bits per heavy atom. The number of ketones is 1. The molecule has 0 aliphatic heterocycles. The third-order valence-electron chi connectivity index (χ3n) is 4.55. The van der Waals surface area contributed by atoms with E-state index in [1.807, 2.05) is 22.9 Å². The molecule has 3 aromatic heterocycles. The van der Waals surface area contributed by atoms with Crippen LogP contribution in [0.15, 0.2) is 57.6 Å². The van der Waals surface area contributed by atoms with Crippen molar-refractivity contribution in [2.45, 2.75) is 31.1 Å². The van der Waals surface area contributed by atoms with E-state index in [0.29, 0.717) is 39.1 Å². The lowest BCUT2D eigenvalue weighted by Gasteiger charge is -2.10. The van der Waals surface area contributed by atoms with Crippen molar-refractivity contribution in [3.8, 4) is 11.8 Å². The molecule has 4 rings (SSSR count). The first kappa shape index (κ1) is 23.0. The summed E-state index contributed by atoms with van der Waals surface area (Å²) in [5.41, 5.74) is 0.791. The average Bonchev–Trinajstić information content (AvgIpc) is 3.56. The van der Waals surface area contributed by atoms with Crippen LogP contribution >= 0.6 is 34.7 Å². The molecule has 0 N–H and O–H groups in total. The Morgan fingerprint density at radius 2 is 2.15 bits per heavy atom.